The van der Waals surface area contributed by atoms with E-state index in [0.29, 0.717) is 95.6 Å². The molecule has 0 radical (unpaired) electrons. The van der Waals surface area contributed by atoms with E-state index in [1.807, 2.05) is 56.0 Å². The monoisotopic (exact) mass is 1870 g/mol. The number of nitrogen functional groups attached to an aromatic ring is 6. The van der Waals surface area contributed by atoms with Crippen LogP contribution in [0.4, 0.5) is 94.1 Å². The van der Waals surface area contributed by atoms with E-state index in [-0.39, 0.29) is 114 Å². The van der Waals surface area contributed by atoms with Gasteiger partial charge in [-0.2, -0.15) is 8.78 Å². The lowest BCUT2D eigenvalue weighted by molar-refractivity contribution is -0.00253. The number of hydrogen-bond donors (Lipinski definition) is 6. The number of Topliss-reactive ketones (excluding diaryl/α,β-unsaturated/α-hetero) is 1. The van der Waals surface area contributed by atoms with E-state index in [9.17, 15) is 71.1 Å². The molecular weight excluding hydrogens is 1730 g/mol. The standard InChI is InChI=1S/C18H22N2O2.C17H18F2N2O2.C17H18N2O3.2C17H20N2O2.C16H18N2O3.6CH4/c1-11(2)9-12-6-7-13-5-3-4-8-20(14(13)10-12)16-15(19)17(21)18(16)22;1-9(2)5-10-3-4-12-11(6-10)7-21(8-17(12,18)19)14-13(20)15(22)16(14)23;1-9(2)5-10-3-4-12-11(6-10)7-19(8-13(12)20)15-14(18)16(21)17(15)22;1-10(2)7-11-3-4-12-5-6-19(9-13(12)8-11)15-14(18)16(20)17(15)21;1-10(2)8-11-5-6-12-4-3-7-19(13(12)9-11)15-14(18)16(20)17(15)21;1-9(2)7-10-3-4-12-11(8-10)18(5-6-21-12)14-13(17)15(19)16(14)20;;;;;;/h6-7,10-11H,3-5,8-9,19H2,1-2H3;3-4,6,9H,5,7-8,20H2,1-2H3;3-4,6,9H,5,7-8,18H2,1-2H3;3-4,8,10H,5-7,9,18H2,1-2H3;5-6,9-10H,3-4,7-8,18H2,1-2H3;3-4,8-9H,5-7,17H2,1-2H3;6*1H4. The number of alkyl halides is 2. The molecule has 6 aliphatic rings. The number of benzene rings is 6. The summed E-state index contributed by atoms with van der Waals surface area (Å²) in [5, 5.41) is 0. The van der Waals surface area contributed by atoms with E-state index >= 15 is 0 Å². The highest BCUT2D eigenvalue weighted by Gasteiger charge is 2.43. The molecule has 12 N–H and O–H groups in total. The minimum absolute atomic E-state index is 0. The van der Waals surface area contributed by atoms with Gasteiger partial charge in [-0.1, -0.05) is 213 Å². The molecule has 0 saturated heterocycles. The molecule has 18 rings (SSSR count). The number of nitrogens with two attached hydrogens (primary N) is 6. The summed E-state index contributed by atoms with van der Waals surface area (Å²) in [5.74, 6) is 0.839. The zero-order valence-corrected chi connectivity index (χ0v) is 76.0. The Morgan fingerprint density at radius 3 is 1.05 bits per heavy atom. The second-order valence-corrected chi connectivity index (χ2v) is 37.8. The highest BCUT2D eigenvalue weighted by Crippen LogP contribution is 2.43. The number of hydrogen-bond acceptors (Lipinski definition) is 26. The van der Waals surface area contributed by atoms with Crippen LogP contribution in [-0.2, 0) is 83.3 Å². The Morgan fingerprint density at radius 2 is 0.625 bits per heavy atom. The Morgan fingerprint density at radius 1 is 0.301 bits per heavy atom. The van der Waals surface area contributed by atoms with Crippen molar-refractivity contribution < 1.29 is 18.3 Å². The molecule has 0 aliphatic carbocycles. The smallest absolute Gasteiger partial charge is 0.290 e. The average molecular weight is 1870 g/mol. The molecule has 12 aromatic rings. The van der Waals surface area contributed by atoms with Crippen LogP contribution >= 0.6 is 0 Å². The fourth-order valence-corrected chi connectivity index (χ4v) is 18.5. The van der Waals surface area contributed by atoms with Crippen molar-refractivity contribution in [2.75, 3.05) is 110 Å². The zero-order valence-electron chi connectivity index (χ0n) is 76.0. The number of ether oxygens (including phenoxy) is 1. The highest BCUT2D eigenvalue weighted by molar-refractivity contribution is 6.03. The van der Waals surface area contributed by atoms with Crippen LogP contribution in [-0.4, -0.2) is 51.7 Å². The summed E-state index contributed by atoms with van der Waals surface area (Å²) in [5.41, 5.74) is 46.1. The maximum Gasteiger partial charge on any atom is 0.290 e. The molecule has 0 unspecified atom stereocenters. The number of rotatable bonds is 18. The van der Waals surface area contributed by atoms with Gasteiger partial charge in [-0.05, 0) is 204 Å². The van der Waals surface area contributed by atoms with Gasteiger partial charge in [0.2, 0.25) is 0 Å². The Hall–Kier alpha value is -13.3. The molecule has 0 spiro atoms. The maximum atomic E-state index is 14.4. The molecule has 0 atom stereocenters. The van der Waals surface area contributed by atoms with Gasteiger partial charge in [-0.25, -0.2) is 0 Å². The second-order valence-electron chi connectivity index (χ2n) is 37.8. The molecule has 136 heavy (non-hydrogen) atoms. The lowest BCUT2D eigenvalue weighted by Crippen LogP contribution is -2.48. The van der Waals surface area contributed by atoms with Gasteiger partial charge in [0.1, 0.15) is 80.6 Å². The maximum absolute atomic E-state index is 14.4. The third-order valence-corrected chi connectivity index (χ3v) is 24.6. The summed E-state index contributed by atoms with van der Waals surface area (Å²) >= 11 is 0. The lowest BCUT2D eigenvalue weighted by atomic mass is 9.91. The van der Waals surface area contributed by atoms with E-state index in [1.54, 1.807) is 17.0 Å². The number of ketones is 1. The fraction of sp³-hybridized carbons (Fsp3) is 0.435. The van der Waals surface area contributed by atoms with Gasteiger partial charge in [0.25, 0.3) is 71.1 Å². The predicted molar refractivity (Wildman–Crippen MR) is 558 cm³/mol. The predicted octanol–water partition coefficient (Wildman–Crippen LogP) is 15.2. The summed E-state index contributed by atoms with van der Waals surface area (Å²) in [6, 6.07) is 36.3. The van der Waals surface area contributed by atoms with Gasteiger partial charge in [0.15, 0.2) is 5.78 Å². The highest BCUT2D eigenvalue weighted by atomic mass is 19.3. The number of fused-ring (bicyclic) bond motifs is 6. The zero-order chi connectivity index (χ0) is 94.2. The molecule has 0 amide bonds. The van der Waals surface area contributed by atoms with Crippen molar-refractivity contribution >= 4 is 91.1 Å². The molecule has 28 heteroatoms. The van der Waals surface area contributed by atoms with E-state index in [1.165, 1.54) is 61.0 Å². The van der Waals surface area contributed by atoms with Gasteiger partial charge in [0.05, 0.1) is 25.3 Å². The first kappa shape index (κ1) is 110. The van der Waals surface area contributed by atoms with E-state index < -0.39 is 77.6 Å². The molecular formula is C108H140F2N12O14. The summed E-state index contributed by atoms with van der Waals surface area (Å²) in [6.07, 6.45) is 11.7. The normalized spacial score (nSPS) is 14.4. The van der Waals surface area contributed by atoms with Crippen molar-refractivity contribution in [1.82, 2.24) is 0 Å². The first-order valence-electron chi connectivity index (χ1n) is 44.9. The molecule has 0 saturated carbocycles. The van der Waals surface area contributed by atoms with Crippen molar-refractivity contribution in [2.24, 2.45) is 35.5 Å². The molecule has 730 valence electrons. The fourth-order valence-electron chi connectivity index (χ4n) is 18.5. The quantitative estimate of drug-likeness (QED) is 0.0435. The van der Waals surface area contributed by atoms with Crippen LogP contribution in [0.5, 0.6) is 5.75 Å². The van der Waals surface area contributed by atoms with Gasteiger partial charge < -0.3 is 68.5 Å². The van der Waals surface area contributed by atoms with Crippen LogP contribution in [0.25, 0.3) is 0 Å². The molecule has 6 aliphatic heterocycles. The molecule has 12 aromatic carbocycles. The summed E-state index contributed by atoms with van der Waals surface area (Å²) in [4.78, 5) is 161. The van der Waals surface area contributed by atoms with Crippen molar-refractivity contribution in [3.8, 4) is 5.75 Å². The number of nitrogens with zero attached hydrogens (tertiary/aromatic N) is 6. The number of carbonyl (C=O) groups is 1. The largest absolute Gasteiger partial charge is 0.490 e. The average Bonchev–Trinajstić information content (AvgIpc) is 1.49. The van der Waals surface area contributed by atoms with Gasteiger partial charge in [-0.3, -0.25) is 62.3 Å². The van der Waals surface area contributed by atoms with Crippen LogP contribution in [0.1, 0.15) is 230 Å². The Kier molecular flexibility index (Phi) is 36.3. The van der Waals surface area contributed by atoms with Gasteiger partial charge in [0, 0.05) is 61.8 Å². The molecule has 26 nitrogen and oxygen atoms in total. The number of anilines is 15. The molecule has 0 aromatic heterocycles. The Labute approximate surface area is 796 Å². The second kappa shape index (κ2) is 44.9. The Balaban J connectivity index is 0.000000221. The van der Waals surface area contributed by atoms with E-state index in [2.05, 4.69) is 138 Å². The molecule has 0 bridgehead atoms. The Bertz CT molecular complexity index is 6660. The SMILES string of the molecule is C.C.C.C.C.C.CC(C)Cc1ccc2c(c1)CN(c1c(N)c(=O)c1=O)CC2.CC(C)Cc1ccc2c(c1)CN(c1c(N)c(=O)c1=O)CC2(F)F.CC(C)Cc1ccc2c(c1)CN(c1c(N)c(=O)c1=O)CC2=O.CC(C)Cc1ccc2c(c1)N(c1c(N)c(=O)c1=O)CCC2.CC(C)Cc1ccc2c(c1)N(c1c(N)c(=O)c1=O)CCCC2.CC(C)Cc1ccc2c(c1)N(c1c(N)c(=O)c1=O)CCO2. The minimum atomic E-state index is -3.09. The van der Waals surface area contributed by atoms with Crippen LogP contribution in [0, 0.1) is 35.5 Å². The first-order valence-corrected chi connectivity index (χ1v) is 44.9. The van der Waals surface area contributed by atoms with Gasteiger partial charge in [-0.15, -0.1) is 0 Å². The third-order valence-electron chi connectivity index (χ3n) is 24.6. The van der Waals surface area contributed by atoms with Gasteiger partial charge >= 0.3 is 0 Å². The summed E-state index contributed by atoms with van der Waals surface area (Å²) < 4.78 is 34.5. The lowest BCUT2D eigenvalue weighted by Gasteiger charge is -2.36. The number of halogens is 2. The number of carbonyl (C=O) groups excluding carboxylic acids is 1. The summed E-state index contributed by atoms with van der Waals surface area (Å²) in [7, 11) is 0. The van der Waals surface area contributed by atoms with E-state index in [4.69, 9.17) is 39.1 Å². The molecule has 0 fully saturated rings. The van der Waals surface area contributed by atoms with Crippen LogP contribution < -0.4 is 134 Å². The topological polar surface area (TPSA) is 407 Å². The summed E-state index contributed by atoms with van der Waals surface area (Å²) in [6.45, 7) is 29.8. The number of aryl methyl sites for hydroxylation is 2. The minimum Gasteiger partial charge on any atom is -0.490 e. The van der Waals surface area contributed by atoms with Crippen LogP contribution in [0.15, 0.2) is 167 Å². The first-order chi connectivity index (χ1) is 61.5. The van der Waals surface area contributed by atoms with Crippen LogP contribution in [0.3, 0.4) is 0 Å². The van der Waals surface area contributed by atoms with Crippen molar-refractivity contribution in [3.05, 3.63) is 310 Å². The van der Waals surface area contributed by atoms with Crippen molar-refractivity contribution in [2.45, 2.75) is 230 Å². The molecule has 6 heterocycles. The van der Waals surface area contributed by atoms with E-state index in [0.717, 1.165) is 131 Å². The third kappa shape index (κ3) is 22.8. The van der Waals surface area contributed by atoms with Crippen molar-refractivity contribution in [3.63, 3.8) is 0 Å². The van der Waals surface area contributed by atoms with Crippen LogP contribution in [0.2, 0.25) is 0 Å². The van der Waals surface area contributed by atoms with Crippen molar-refractivity contribution in [1.29, 1.82) is 0 Å².